The van der Waals surface area contributed by atoms with Crippen molar-refractivity contribution in [2.45, 2.75) is 18.3 Å². The molecule has 1 aromatic carbocycles. The summed E-state index contributed by atoms with van der Waals surface area (Å²) in [6, 6.07) is 13.7. The smallest absolute Gasteiger partial charge is 0.395 e. The zero-order valence-electron chi connectivity index (χ0n) is 15.8. The van der Waals surface area contributed by atoms with Crippen molar-refractivity contribution in [1.29, 1.82) is 0 Å². The van der Waals surface area contributed by atoms with E-state index in [1.54, 1.807) is 29.1 Å². The van der Waals surface area contributed by atoms with Crippen molar-refractivity contribution in [3.05, 3.63) is 83.9 Å². The predicted octanol–water partition coefficient (Wildman–Crippen LogP) is 3.86. The summed E-state index contributed by atoms with van der Waals surface area (Å²) in [6.07, 6.45) is -1.03. The lowest BCUT2D eigenvalue weighted by atomic mass is 10.0. The van der Waals surface area contributed by atoms with Crippen LogP contribution < -0.4 is 5.32 Å². The largest absolute Gasteiger partial charge is 0.416 e. The van der Waals surface area contributed by atoms with Crippen LogP contribution in [-0.2, 0) is 6.18 Å². The van der Waals surface area contributed by atoms with Gasteiger partial charge in [-0.2, -0.15) is 13.2 Å². The first-order valence-electron chi connectivity index (χ1n) is 9.34. The Labute approximate surface area is 176 Å². The summed E-state index contributed by atoms with van der Waals surface area (Å²) >= 11 is 5.48. The first-order valence-corrected chi connectivity index (χ1v) is 9.75. The fourth-order valence-corrected chi connectivity index (χ4v) is 4.11. The molecule has 0 saturated carbocycles. The number of halogens is 3. The molecule has 0 radical (unpaired) electrons. The van der Waals surface area contributed by atoms with Crippen LogP contribution in [0.15, 0.2) is 67.0 Å². The van der Waals surface area contributed by atoms with Gasteiger partial charge in [-0.05, 0) is 54.7 Å². The van der Waals surface area contributed by atoms with Crippen molar-refractivity contribution in [2.24, 2.45) is 0 Å². The second kappa shape index (κ2) is 8.08. The van der Waals surface area contributed by atoms with Gasteiger partial charge in [0.1, 0.15) is 0 Å². The zero-order chi connectivity index (χ0) is 21.3. The number of pyridine rings is 1. The van der Waals surface area contributed by atoms with Gasteiger partial charge in [0.15, 0.2) is 5.11 Å². The zero-order valence-corrected chi connectivity index (χ0v) is 16.6. The number of hydrogen-bond donors (Lipinski definition) is 2. The molecule has 3 heterocycles. The highest BCUT2D eigenvalue weighted by atomic mass is 32.1. The summed E-state index contributed by atoms with van der Waals surface area (Å²) in [6.45, 7) is 0.172. The van der Waals surface area contributed by atoms with Gasteiger partial charge in [0.2, 0.25) is 0 Å². The van der Waals surface area contributed by atoms with Crippen LogP contribution >= 0.6 is 12.2 Å². The van der Waals surface area contributed by atoms with Crippen LogP contribution in [0.5, 0.6) is 0 Å². The molecular weight excluding hydrogens is 413 g/mol. The molecule has 2 N–H and O–H groups in total. The summed E-state index contributed by atoms with van der Waals surface area (Å²) in [5.41, 5.74) is 1.17. The van der Waals surface area contributed by atoms with Crippen molar-refractivity contribution in [3.8, 4) is 5.69 Å². The third-order valence-electron chi connectivity index (χ3n) is 5.07. The molecule has 4 rings (SSSR count). The van der Waals surface area contributed by atoms with Crippen LogP contribution in [0.2, 0.25) is 0 Å². The lowest BCUT2D eigenvalue weighted by molar-refractivity contribution is -0.137. The number of β-amino-alcohol motifs (C(OH)–C–C–N with tert-alkyl or cyclic N) is 1. The summed E-state index contributed by atoms with van der Waals surface area (Å²) in [5, 5.41) is 13.3. The molecule has 1 fully saturated rings. The van der Waals surface area contributed by atoms with Crippen LogP contribution in [0.1, 0.15) is 29.0 Å². The van der Waals surface area contributed by atoms with Crippen LogP contribution in [0, 0.1) is 0 Å². The Hall–Kier alpha value is -2.91. The lowest BCUT2D eigenvalue weighted by Crippen LogP contribution is -2.32. The molecule has 0 bridgehead atoms. The molecule has 1 aliphatic heterocycles. The summed E-state index contributed by atoms with van der Waals surface area (Å²) in [5.74, 6) is 0. The second-order valence-corrected chi connectivity index (χ2v) is 7.28. The SMILES string of the molecule is OCCN1C(=S)NC(c2ccccn2)C1c1cccn1-c1cccc(C(F)(F)F)c1. The van der Waals surface area contributed by atoms with Crippen molar-refractivity contribution in [1.82, 2.24) is 19.8 Å². The minimum absolute atomic E-state index is 0.114. The van der Waals surface area contributed by atoms with Gasteiger partial charge in [0.25, 0.3) is 0 Å². The minimum atomic E-state index is -4.43. The predicted molar refractivity (Wildman–Crippen MR) is 110 cm³/mol. The number of benzene rings is 1. The first kappa shape index (κ1) is 20.4. The average Bonchev–Trinajstić information content (AvgIpc) is 3.33. The number of alkyl halides is 3. The average molecular weight is 432 g/mol. The van der Waals surface area contributed by atoms with Gasteiger partial charge in [-0.1, -0.05) is 12.1 Å². The van der Waals surface area contributed by atoms with Gasteiger partial charge in [-0.15, -0.1) is 0 Å². The molecule has 1 saturated heterocycles. The number of nitrogens with zero attached hydrogens (tertiary/aromatic N) is 3. The molecule has 1 aliphatic rings. The van der Waals surface area contributed by atoms with E-state index >= 15 is 0 Å². The maximum absolute atomic E-state index is 13.2. The number of hydrogen-bond acceptors (Lipinski definition) is 3. The molecule has 5 nitrogen and oxygen atoms in total. The molecule has 30 heavy (non-hydrogen) atoms. The Balaban J connectivity index is 1.80. The van der Waals surface area contributed by atoms with E-state index in [1.807, 2.05) is 29.2 Å². The number of aliphatic hydroxyl groups is 1. The molecule has 0 amide bonds. The Morgan fingerprint density at radius 1 is 1.10 bits per heavy atom. The standard InChI is InChI=1S/C21H19F3N4OS/c22-21(23,24)14-5-3-6-15(13-14)27-10-4-8-17(27)19-18(16-7-1-2-9-25-16)26-20(30)28(19)11-12-29/h1-10,13,18-19,29H,11-12H2,(H,26,30). The van der Waals surface area contributed by atoms with E-state index in [-0.39, 0.29) is 25.2 Å². The van der Waals surface area contributed by atoms with Gasteiger partial charge >= 0.3 is 6.18 Å². The van der Waals surface area contributed by atoms with E-state index in [1.165, 1.54) is 6.07 Å². The van der Waals surface area contributed by atoms with E-state index in [4.69, 9.17) is 12.2 Å². The third-order valence-corrected chi connectivity index (χ3v) is 5.43. The molecule has 2 atom stereocenters. The number of aromatic nitrogens is 2. The van der Waals surface area contributed by atoms with E-state index < -0.39 is 11.7 Å². The van der Waals surface area contributed by atoms with Crippen LogP contribution in [0.3, 0.4) is 0 Å². The monoisotopic (exact) mass is 432 g/mol. The van der Waals surface area contributed by atoms with Crippen molar-refractivity contribution >= 4 is 17.3 Å². The highest BCUT2D eigenvalue weighted by Gasteiger charge is 2.41. The minimum Gasteiger partial charge on any atom is -0.395 e. The van der Waals surface area contributed by atoms with Crippen molar-refractivity contribution in [2.75, 3.05) is 13.2 Å². The van der Waals surface area contributed by atoms with Gasteiger partial charge in [0.05, 0.1) is 29.9 Å². The highest BCUT2D eigenvalue weighted by Crippen LogP contribution is 2.39. The van der Waals surface area contributed by atoms with E-state index in [0.29, 0.717) is 10.8 Å². The Kier molecular flexibility index (Phi) is 5.48. The number of aliphatic hydroxyl groups excluding tert-OH is 1. The van der Waals surface area contributed by atoms with E-state index in [9.17, 15) is 18.3 Å². The molecule has 2 unspecified atom stereocenters. The van der Waals surface area contributed by atoms with Crippen LogP contribution in [0.25, 0.3) is 5.69 Å². The lowest BCUT2D eigenvalue weighted by Gasteiger charge is -2.28. The van der Waals surface area contributed by atoms with Gasteiger partial charge < -0.3 is 19.9 Å². The van der Waals surface area contributed by atoms with E-state index in [2.05, 4.69) is 10.3 Å². The van der Waals surface area contributed by atoms with Gasteiger partial charge in [-0.25, -0.2) is 0 Å². The Bertz CT molecular complexity index is 1040. The number of thiocarbonyl (C=S) groups is 1. The maximum atomic E-state index is 13.2. The molecule has 2 aromatic heterocycles. The Morgan fingerprint density at radius 2 is 1.93 bits per heavy atom. The van der Waals surface area contributed by atoms with Crippen molar-refractivity contribution in [3.63, 3.8) is 0 Å². The van der Waals surface area contributed by atoms with Crippen LogP contribution in [0.4, 0.5) is 13.2 Å². The Morgan fingerprint density at radius 3 is 2.63 bits per heavy atom. The molecule has 3 aromatic rings. The van der Waals surface area contributed by atoms with Crippen molar-refractivity contribution < 1.29 is 18.3 Å². The maximum Gasteiger partial charge on any atom is 0.416 e. The molecular formula is C21H19F3N4OS. The molecule has 9 heteroatoms. The number of nitrogens with one attached hydrogen (secondary N) is 1. The molecule has 0 spiro atoms. The normalized spacial score (nSPS) is 19.2. The summed E-state index contributed by atoms with van der Waals surface area (Å²) < 4.78 is 41.4. The third kappa shape index (κ3) is 3.78. The fourth-order valence-electron chi connectivity index (χ4n) is 3.78. The summed E-state index contributed by atoms with van der Waals surface area (Å²) in [4.78, 5) is 6.27. The van der Waals surface area contributed by atoms with Gasteiger partial charge in [0, 0.05) is 30.3 Å². The second-order valence-electron chi connectivity index (χ2n) is 6.89. The summed E-state index contributed by atoms with van der Waals surface area (Å²) in [7, 11) is 0. The molecule has 0 aliphatic carbocycles. The van der Waals surface area contributed by atoms with E-state index in [0.717, 1.165) is 23.5 Å². The molecule has 156 valence electrons. The topological polar surface area (TPSA) is 53.3 Å². The quantitative estimate of drug-likeness (QED) is 0.600. The highest BCUT2D eigenvalue weighted by molar-refractivity contribution is 7.80. The number of rotatable bonds is 5. The fraction of sp³-hybridized carbons (Fsp3) is 0.238. The van der Waals surface area contributed by atoms with Gasteiger partial charge in [-0.3, -0.25) is 4.98 Å². The van der Waals surface area contributed by atoms with Crippen LogP contribution in [-0.4, -0.2) is 37.8 Å². The first-order chi connectivity index (χ1) is 14.4.